The number of piperazine rings is 1. The first-order valence-corrected chi connectivity index (χ1v) is 6.80. The fraction of sp³-hybridized carbons (Fsp3) is 1.00. The van der Waals surface area contributed by atoms with Crippen molar-refractivity contribution in [1.82, 2.24) is 15.1 Å². The summed E-state index contributed by atoms with van der Waals surface area (Å²) in [6, 6.07) is 0.788. The van der Waals surface area contributed by atoms with Crippen LogP contribution in [0.5, 0.6) is 0 Å². The SMILES string of the molecule is CC(C)CC1CNCCN2CCN(C)CC12. The van der Waals surface area contributed by atoms with Crippen LogP contribution in [0, 0.1) is 11.8 Å². The van der Waals surface area contributed by atoms with E-state index in [2.05, 4.69) is 36.0 Å². The summed E-state index contributed by atoms with van der Waals surface area (Å²) in [7, 11) is 2.27. The second kappa shape index (κ2) is 5.48. The Kier molecular flexibility index (Phi) is 4.22. The standard InChI is InChI=1S/C13H27N3/c1-11(2)8-12-9-14-4-5-16-7-6-15(3)10-13(12)16/h11-14H,4-10H2,1-3H3. The van der Waals surface area contributed by atoms with Crippen molar-refractivity contribution >= 4 is 0 Å². The zero-order valence-electron chi connectivity index (χ0n) is 11.1. The number of likely N-dealkylation sites (N-methyl/N-ethyl adjacent to an activating group) is 1. The molecular weight excluding hydrogens is 198 g/mol. The Labute approximate surface area is 100 Å². The van der Waals surface area contributed by atoms with Crippen LogP contribution in [0.15, 0.2) is 0 Å². The van der Waals surface area contributed by atoms with Gasteiger partial charge in [0.2, 0.25) is 0 Å². The van der Waals surface area contributed by atoms with Crippen LogP contribution in [0.1, 0.15) is 20.3 Å². The van der Waals surface area contributed by atoms with Crippen molar-refractivity contribution in [3.63, 3.8) is 0 Å². The van der Waals surface area contributed by atoms with Crippen LogP contribution in [0.4, 0.5) is 0 Å². The van der Waals surface area contributed by atoms with Gasteiger partial charge >= 0.3 is 0 Å². The van der Waals surface area contributed by atoms with Crippen LogP contribution in [0.25, 0.3) is 0 Å². The third kappa shape index (κ3) is 2.96. The summed E-state index contributed by atoms with van der Waals surface area (Å²) in [6.45, 7) is 12.1. The maximum atomic E-state index is 3.61. The Morgan fingerprint density at radius 3 is 2.81 bits per heavy atom. The van der Waals surface area contributed by atoms with E-state index in [9.17, 15) is 0 Å². The van der Waals surface area contributed by atoms with Gasteiger partial charge in [0.05, 0.1) is 0 Å². The van der Waals surface area contributed by atoms with E-state index in [1.165, 1.54) is 45.7 Å². The predicted octanol–water partition coefficient (Wildman–Crippen LogP) is 0.868. The van der Waals surface area contributed by atoms with Crippen molar-refractivity contribution < 1.29 is 0 Å². The molecule has 3 nitrogen and oxygen atoms in total. The number of nitrogens with zero attached hydrogens (tertiary/aromatic N) is 2. The Hall–Kier alpha value is -0.120. The predicted molar refractivity (Wildman–Crippen MR) is 68.7 cm³/mol. The largest absolute Gasteiger partial charge is 0.315 e. The van der Waals surface area contributed by atoms with Crippen molar-refractivity contribution in [1.29, 1.82) is 0 Å². The van der Waals surface area contributed by atoms with Crippen LogP contribution in [0.3, 0.4) is 0 Å². The summed E-state index contributed by atoms with van der Waals surface area (Å²) < 4.78 is 0. The first-order valence-electron chi connectivity index (χ1n) is 6.80. The monoisotopic (exact) mass is 225 g/mol. The molecule has 0 aromatic rings. The lowest BCUT2D eigenvalue weighted by molar-refractivity contribution is 0.0613. The van der Waals surface area contributed by atoms with Crippen LogP contribution in [0.2, 0.25) is 0 Å². The summed E-state index contributed by atoms with van der Waals surface area (Å²) in [5.74, 6) is 1.66. The molecule has 2 aliphatic heterocycles. The van der Waals surface area contributed by atoms with E-state index in [-0.39, 0.29) is 0 Å². The highest BCUT2D eigenvalue weighted by Gasteiger charge is 2.33. The van der Waals surface area contributed by atoms with Crippen molar-refractivity contribution in [2.75, 3.05) is 46.3 Å². The fourth-order valence-electron chi connectivity index (χ4n) is 3.21. The minimum Gasteiger partial charge on any atom is -0.315 e. The highest BCUT2D eigenvalue weighted by Crippen LogP contribution is 2.23. The van der Waals surface area contributed by atoms with Gasteiger partial charge in [-0.05, 0) is 31.8 Å². The lowest BCUT2D eigenvalue weighted by atomic mass is 9.88. The van der Waals surface area contributed by atoms with E-state index >= 15 is 0 Å². The Bertz CT molecular complexity index is 217. The highest BCUT2D eigenvalue weighted by atomic mass is 15.3. The van der Waals surface area contributed by atoms with Gasteiger partial charge in [0.25, 0.3) is 0 Å². The van der Waals surface area contributed by atoms with Gasteiger partial charge in [0.15, 0.2) is 0 Å². The molecule has 3 heteroatoms. The topological polar surface area (TPSA) is 18.5 Å². The molecule has 2 fully saturated rings. The van der Waals surface area contributed by atoms with Gasteiger partial charge in [0.1, 0.15) is 0 Å². The Morgan fingerprint density at radius 1 is 1.25 bits per heavy atom. The molecule has 16 heavy (non-hydrogen) atoms. The number of hydrogen-bond donors (Lipinski definition) is 1. The lowest BCUT2D eigenvalue weighted by Gasteiger charge is -2.42. The van der Waals surface area contributed by atoms with E-state index in [0.29, 0.717) is 0 Å². The van der Waals surface area contributed by atoms with Crippen molar-refractivity contribution in [2.24, 2.45) is 11.8 Å². The zero-order chi connectivity index (χ0) is 11.5. The van der Waals surface area contributed by atoms with Gasteiger partial charge in [-0.15, -0.1) is 0 Å². The summed E-state index contributed by atoms with van der Waals surface area (Å²) in [5, 5.41) is 3.61. The summed E-state index contributed by atoms with van der Waals surface area (Å²) >= 11 is 0. The summed E-state index contributed by atoms with van der Waals surface area (Å²) in [6.07, 6.45) is 1.36. The van der Waals surface area contributed by atoms with Gasteiger partial charge < -0.3 is 10.2 Å². The van der Waals surface area contributed by atoms with E-state index in [1.54, 1.807) is 0 Å². The fourth-order valence-corrected chi connectivity index (χ4v) is 3.21. The maximum absolute atomic E-state index is 3.61. The molecule has 0 spiro atoms. The molecule has 2 heterocycles. The quantitative estimate of drug-likeness (QED) is 0.752. The third-order valence-electron chi connectivity index (χ3n) is 4.04. The third-order valence-corrected chi connectivity index (χ3v) is 4.04. The van der Waals surface area contributed by atoms with Crippen molar-refractivity contribution in [2.45, 2.75) is 26.3 Å². The van der Waals surface area contributed by atoms with E-state index < -0.39 is 0 Å². The molecule has 0 amide bonds. The minimum absolute atomic E-state index is 0.788. The maximum Gasteiger partial charge on any atom is 0.0264 e. The van der Waals surface area contributed by atoms with Gasteiger partial charge in [0, 0.05) is 38.8 Å². The first-order chi connectivity index (χ1) is 7.66. The Morgan fingerprint density at radius 2 is 2.06 bits per heavy atom. The molecule has 0 bridgehead atoms. The summed E-state index contributed by atoms with van der Waals surface area (Å²) in [5.41, 5.74) is 0. The molecule has 94 valence electrons. The molecule has 2 aliphatic rings. The van der Waals surface area contributed by atoms with Crippen molar-refractivity contribution in [3.8, 4) is 0 Å². The smallest absolute Gasteiger partial charge is 0.0264 e. The van der Waals surface area contributed by atoms with Gasteiger partial charge in [-0.1, -0.05) is 13.8 Å². The molecule has 2 rings (SSSR count). The highest BCUT2D eigenvalue weighted by molar-refractivity contribution is 4.90. The minimum atomic E-state index is 0.788. The molecule has 0 radical (unpaired) electrons. The number of rotatable bonds is 2. The second-order valence-electron chi connectivity index (χ2n) is 5.96. The van der Waals surface area contributed by atoms with Gasteiger partial charge in [-0.3, -0.25) is 4.90 Å². The molecule has 2 unspecified atom stereocenters. The number of fused-ring (bicyclic) bond motifs is 1. The molecule has 0 aromatic heterocycles. The molecule has 2 atom stereocenters. The van der Waals surface area contributed by atoms with E-state index in [0.717, 1.165) is 17.9 Å². The average Bonchev–Trinajstić information content (AvgIpc) is 2.41. The number of nitrogens with one attached hydrogen (secondary N) is 1. The van der Waals surface area contributed by atoms with Gasteiger partial charge in [-0.25, -0.2) is 0 Å². The summed E-state index contributed by atoms with van der Waals surface area (Å²) in [4.78, 5) is 5.22. The Balaban J connectivity index is 2.03. The molecule has 2 saturated heterocycles. The van der Waals surface area contributed by atoms with Crippen LogP contribution >= 0.6 is 0 Å². The molecular formula is C13H27N3. The second-order valence-corrected chi connectivity index (χ2v) is 5.96. The number of hydrogen-bond acceptors (Lipinski definition) is 3. The van der Waals surface area contributed by atoms with Crippen LogP contribution in [-0.2, 0) is 0 Å². The van der Waals surface area contributed by atoms with Crippen LogP contribution < -0.4 is 5.32 Å². The first kappa shape index (κ1) is 12.3. The van der Waals surface area contributed by atoms with Crippen LogP contribution in [-0.4, -0.2) is 62.2 Å². The molecule has 0 aliphatic carbocycles. The lowest BCUT2D eigenvalue weighted by Crippen LogP contribution is -2.55. The van der Waals surface area contributed by atoms with E-state index in [4.69, 9.17) is 0 Å². The molecule has 1 N–H and O–H groups in total. The molecule has 0 saturated carbocycles. The van der Waals surface area contributed by atoms with E-state index in [1.807, 2.05) is 0 Å². The van der Waals surface area contributed by atoms with Gasteiger partial charge in [-0.2, -0.15) is 0 Å². The normalized spacial score (nSPS) is 33.8. The average molecular weight is 225 g/mol. The molecule has 0 aromatic carbocycles. The zero-order valence-corrected chi connectivity index (χ0v) is 11.1. The van der Waals surface area contributed by atoms with Crippen molar-refractivity contribution in [3.05, 3.63) is 0 Å².